The van der Waals surface area contributed by atoms with Crippen molar-refractivity contribution in [2.75, 3.05) is 4.31 Å². The zero-order valence-corrected chi connectivity index (χ0v) is 15.9. The van der Waals surface area contributed by atoms with Crippen molar-refractivity contribution in [3.05, 3.63) is 108 Å². The number of anilines is 1. The van der Waals surface area contributed by atoms with E-state index in [9.17, 15) is 8.42 Å². The van der Waals surface area contributed by atoms with E-state index in [4.69, 9.17) is 0 Å². The molecule has 4 heteroatoms. The van der Waals surface area contributed by atoms with Crippen LogP contribution in [0.1, 0.15) is 28.7 Å². The molecule has 3 aromatic carbocycles. The number of sulfonamides is 1. The summed E-state index contributed by atoms with van der Waals surface area (Å²) in [5.74, 6) is -0.108. The Balaban J connectivity index is 1.94. The van der Waals surface area contributed by atoms with Gasteiger partial charge in [0.1, 0.15) is 0 Å². The van der Waals surface area contributed by atoms with Gasteiger partial charge >= 0.3 is 0 Å². The summed E-state index contributed by atoms with van der Waals surface area (Å²) in [6, 6.07) is 24.1. The van der Waals surface area contributed by atoms with Crippen molar-refractivity contribution < 1.29 is 8.42 Å². The van der Waals surface area contributed by atoms with E-state index in [-0.39, 0.29) is 12.0 Å². The molecule has 0 spiro atoms. The van der Waals surface area contributed by atoms with Crippen LogP contribution < -0.4 is 4.31 Å². The van der Waals surface area contributed by atoms with Gasteiger partial charge in [0, 0.05) is 5.92 Å². The van der Waals surface area contributed by atoms with Crippen LogP contribution in [-0.2, 0) is 10.0 Å². The molecule has 0 N–H and O–H groups in total. The molecule has 0 saturated heterocycles. The number of nitrogens with zero attached hydrogens (tertiary/aromatic N) is 1. The van der Waals surface area contributed by atoms with E-state index in [1.54, 1.807) is 16.4 Å². The normalized spacial score (nSPS) is 18.9. The summed E-state index contributed by atoms with van der Waals surface area (Å²) in [6.45, 7) is 5.94. The van der Waals surface area contributed by atoms with Crippen LogP contribution in [0.4, 0.5) is 5.69 Å². The molecule has 0 aliphatic carbocycles. The van der Waals surface area contributed by atoms with Gasteiger partial charge in [-0.1, -0.05) is 72.3 Å². The third kappa shape index (κ3) is 2.86. The number of hydrogen-bond acceptors (Lipinski definition) is 2. The first-order chi connectivity index (χ1) is 13.0. The van der Waals surface area contributed by atoms with E-state index in [0.717, 1.165) is 22.4 Å². The minimum atomic E-state index is -3.72. The maximum Gasteiger partial charge on any atom is 0.264 e. The van der Waals surface area contributed by atoms with Crippen molar-refractivity contribution in [3.8, 4) is 0 Å². The Labute approximate surface area is 160 Å². The average Bonchev–Trinajstić information content (AvgIpc) is 3.04. The van der Waals surface area contributed by atoms with Gasteiger partial charge in [-0.2, -0.15) is 0 Å². The van der Waals surface area contributed by atoms with Gasteiger partial charge in [-0.15, -0.1) is 6.58 Å². The lowest BCUT2D eigenvalue weighted by atomic mass is 9.91. The van der Waals surface area contributed by atoms with Crippen LogP contribution in [-0.4, -0.2) is 8.42 Å². The zero-order valence-electron chi connectivity index (χ0n) is 15.1. The number of benzene rings is 3. The van der Waals surface area contributed by atoms with Crippen LogP contribution in [0.15, 0.2) is 96.4 Å². The second-order valence-corrected chi connectivity index (χ2v) is 8.60. The highest BCUT2D eigenvalue weighted by atomic mass is 32.2. The SMILES string of the molecule is C=C[C@H]1c2ccccc2N(S(=O)(=O)c2ccc(C)cc2)[C@@H]1c1ccccc1. The molecule has 1 heterocycles. The quantitative estimate of drug-likeness (QED) is 0.587. The Bertz CT molecular complexity index is 1070. The summed E-state index contributed by atoms with van der Waals surface area (Å²) < 4.78 is 28.9. The summed E-state index contributed by atoms with van der Waals surface area (Å²) >= 11 is 0. The standard InChI is InChI=1S/C23H21NO2S/c1-3-20-21-11-7-8-12-22(21)24(23(20)18-9-5-4-6-10-18)27(25,26)19-15-13-17(2)14-16-19/h3-16,20,23H,1H2,2H3/t20-,23+/m0/s1. The molecule has 0 aromatic heterocycles. The zero-order chi connectivity index (χ0) is 19.0. The van der Waals surface area contributed by atoms with Gasteiger partial charge < -0.3 is 0 Å². The fourth-order valence-electron chi connectivity index (χ4n) is 3.79. The van der Waals surface area contributed by atoms with Gasteiger partial charge in [-0.05, 0) is 36.2 Å². The second-order valence-electron chi connectivity index (χ2n) is 6.79. The van der Waals surface area contributed by atoms with Crippen LogP contribution >= 0.6 is 0 Å². The van der Waals surface area contributed by atoms with Gasteiger partial charge in [0.05, 0.1) is 16.6 Å². The molecule has 1 aliphatic heterocycles. The summed E-state index contributed by atoms with van der Waals surface area (Å²) in [4.78, 5) is 0.300. The van der Waals surface area contributed by atoms with Gasteiger partial charge in [-0.3, -0.25) is 4.31 Å². The molecular formula is C23H21NO2S. The van der Waals surface area contributed by atoms with Crippen molar-refractivity contribution in [3.63, 3.8) is 0 Å². The van der Waals surface area contributed by atoms with Crippen LogP contribution in [0.2, 0.25) is 0 Å². The van der Waals surface area contributed by atoms with Crippen molar-refractivity contribution >= 4 is 15.7 Å². The van der Waals surface area contributed by atoms with Gasteiger partial charge in [0.25, 0.3) is 10.0 Å². The lowest BCUT2D eigenvalue weighted by Gasteiger charge is -2.29. The van der Waals surface area contributed by atoms with Crippen molar-refractivity contribution in [2.45, 2.75) is 23.8 Å². The maximum atomic E-state index is 13.6. The minimum absolute atomic E-state index is 0.108. The fourth-order valence-corrected chi connectivity index (χ4v) is 5.47. The van der Waals surface area contributed by atoms with Gasteiger partial charge in [-0.25, -0.2) is 8.42 Å². The molecule has 0 fully saturated rings. The van der Waals surface area contributed by atoms with Crippen molar-refractivity contribution in [1.29, 1.82) is 0 Å². The molecular weight excluding hydrogens is 354 g/mol. The maximum absolute atomic E-state index is 13.6. The first kappa shape index (κ1) is 17.6. The molecule has 0 radical (unpaired) electrons. The van der Waals surface area contributed by atoms with E-state index in [2.05, 4.69) is 6.58 Å². The predicted octanol–water partition coefficient (Wildman–Crippen LogP) is 5.21. The summed E-state index contributed by atoms with van der Waals surface area (Å²) in [7, 11) is -3.72. The Hall–Kier alpha value is -2.85. The van der Waals surface area contributed by atoms with Crippen LogP contribution in [0.25, 0.3) is 0 Å². The number of fused-ring (bicyclic) bond motifs is 1. The first-order valence-corrected chi connectivity index (χ1v) is 10.4. The lowest BCUT2D eigenvalue weighted by molar-refractivity contribution is 0.576. The summed E-state index contributed by atoms with van der Waals surface area (Å²) in [5.41, 5.74) is 3.68. The van der Waals surface area contributed by atoms with E-state index in [0.29, 0.717) is 4.90 Å². The van der Waals surface area contributed by atoms with Crippen molar-refractivity contribution in [1.82, 2.24) is 0 Å². The second kappa shape index (κ2) is 6.71. The Morgan fingerprint density at radius 2 is 1.52 bits per heavy atom. The molecule has 136 valence electrons. The smallest absolute Gasteiger partial charge is 0.258 e. The minimum Gasteiger partial charge on any atom is -0.258 e. The van der Waals surface area contributed by atoms with Crippen LogP contribution in [0.3, 0.4) is 0 Å². The fraction of sp³-hybridized carbons (Fsp3) is 0.130. The summed E-state index contributed by atoms with van der Waals surface area (Å²) in [5, 5.41) is 0. The Morgan fingerprint density at radius 3 is 2.19 bits per heavy atom. The van der Waals surface area contributed by atoms with E-state index in [1.165, 1.54) is 0 Å². The summed E-state index contributed by atoms with van der Waals surface area (Å²) in [6.07, 6.45) is 1.85. The molecule has 3 nitrogen and oxygen atoms in total. The van der Waals surface area contributed by atoms with E-state index < -0.39 is 10.0 Å². The van der Waals surface area contributed by atoms with Crippen LogP contribution in [0.5, 0.6) is 0 Å². The molecule has 0 unspecified atom stereocenters. The molecule has 27 heavy (non-hydrogen) atoms. The van der Waals surface area contributed by atoms with Gasteiger partial charge in [0.15, 0.2) is 0 Å². The average molecular weight is 375 g/mol. The first-order valence-electron chi connectivity index (χ1n) is 8.91. The van der Waals surface area contributed by atoms with Gasteiger partial charge in [0.2, 0.25) is 0 Å². The largest absolute Gasteiger partial charge is 0.264 e. The van der Waals surface area contributed by atoms with Crippen molar-refractivity contribution in [2.24, 2.45) is 0 Å². The predicted molar refractivity (Wildman–Crippen MR) is 109 cm³/mol. The van der Waals surface area contributed by atoms with E-state index >= 15 is 0 Å². The Morgan fingerprint density at radius 1 is 0.889 bits per heavy atom. The highest BCUT2D eigenvalue weighted by Crippen LogP contribution is 2.51. The number of para-hydroxylation sites is 1. The van der Waals surface area contributed by atoms with E-state index in [1.807, 2.05) is 79.7 Å². The topological polar surface area (TPSA) is 37.4 Å². The molecule has 0 bridgehead atoms. The molecule has 4 rings (SSSR count). The molecule has 0 saturated carbocycles. The molecule has 0 amide bonds. The molecule has 2 atom stereocenters. The third-order valence-corrected chi connectivity index (χ3v) is 6.91. The van der Waals surface area contributed by atoms with Crippen LogP contribution in [0, 0.1) is 6.92 Å². The highest BCUT2D eigenvalue weighted by molar-refractivity contribution is 7.92. The number of rotatable bonds is 4. The molecule has 3 aromatic rings. The number of hydrogen-bond donors (Lipinski definition) is 0. The monoisotopic (exact) mass is 375 g/mol. The number of aryl methyl sites for hydroxylation is 1. The third-order valence-electron chi connectivity index (χ3n) is 5.10. The molecule has 1 aliphatic rings. The Kier molecular flexibility index (Phi) is 4.36. The highest BCUT2D eigenvalue weighted by Gasteiger charge is 2.44. The lowest BCUT2D eigenvalue weighted by Crippen LogP contribution is -2.33.